The topological polar surface area (TPSA) is 134 Å². The van der Waals surface area contributed by atoms with Gasteiger partial charge in [-0.15, -0.1) is 0 Å². The van der Waals surface area contributed by atoms with Crippen molar-refractivity contribution in [2.24, 2.45) is 50.2 Å². The number of hydrogen-bond donors (Lipinski definition) is 4. The smallest absolute Gasteiger partial charge is 0.315 e. The van der Waals surface area contributed by atoms with Crippen LogP contribution in [0.15, 0.2) is 11.6 Å². The Morgan fingerprint density at radius 2 is 1.57 bits per heavy atom. The first-order valence-electron chi connectivity index (χ1n) is 15.1. The van der Waals surface area contributed by atoms with Crippen LogP contribution in [0.2, 0.25) is 0 Å². The van der Waals surface area contributed by atoms with E-state index in [1.54, 1.807) is 7.11 Å². The molecule has 10 unspecified atom stereocenters. The van der Waals surface area contributed by atoms with Gasteiger partial charge in [-0.05, 0) is 84.9 Å². The Kier molecular flexibility index (Phi) is 6.94. The maximum Gasteiger partial charge on any atom is 0.315 e. The summed E-state index contributed by atoms with van der Waals surface area (Å²) in [5.41, 5.74) is -2.76. The monoisotopic (exact) mass is 562 g/mol. The molecule has 4 fully saturated rings. The molecule has 5 aliphatic carbocycles. The molecule has 5 aliphatic rings. The van der Waals surface area contributed by atoms with Crippen molar-refractivity contribution in [1.29, 1.82) is 0 Å². The molecule has 226 valence electrons. The fourth-order valence-corrected chi connectivity index (χ4v) is 11.3. The average Bonchev–Trinajstić information content (AvgIpc) is 2.89. The Bertz CT molecular complexity index is 1100. The summed E-state index contributed by atoms with van der Waals surface area (Å²) in [6, 6.07) is 0. The van der Waals surface area contributed by atoms with Crippen LogP contribution in [0.3, 0.4) is 0 Å². The molecule has 0 bridgehead atoms. The second-order valence-electron chi connectivity index (χ2n) is 15.3. The van der Waals surface area contributed by atoms with E-state index in [9.17, 15) is 30.0 Å². The summed E-state index contributed by atoms with van der Waals surface area (Å²) in [5, 5.41) is 43.8. The molecule has 0 aromatic rings. The molecule has 8 heteroatoms. The number of aliphatic hydroxyl groups is 2. The first-order valence-corrected chi connectivity index (χ1v) is 15.1. The Balaban J connectivity index is 1.66. The number of fused-ring (bicyclic) bond motifs is 7. The van der Waals surface area contributed by atoms with Crippen LogP contribution in [-0.2, 0) is 19.1 Å². The predicted molar refractivity (Wildman–Crippen MR) is 148 cm³/mol. The summed E-state index contributed by atoms with van der Waals surface area (Å²) in [5.74, 6) is -2.50. The van der Waals surface area contributed by atoms with Gasteiger partial charge in [0.25, 0.3) is 0 Å². The third-order valence-electron chi connectivity index (χ3n) is 13.9. The quantitative estimate of drug-likeness (QED) is 0.360. The van der Waals surface area contributed by atoms with Crippen LogP contribution < -0.4 is 0 Å². The van der Waals surface area contributed by atoms with E-state index in [4.69, 9.17) is 9.47 Å². The first kappa shape index (κ1) is 30.0. The molecule has 11 atom stereocenters. The van der Waals surface area contributed by atoms with Crippen molar-refractivity contribution in [3.05, 3.63) is 11.6 Å². The lowest BCUT2D eigenvalue weighted by atomic mass is 9.33. The van der Waals surface area contributed by atoms with E-state index >= 15 is 0 Å². The van der Waals surface area contributed by atoms with Crippen LogP contribution in [0.4, 0.5) is 0 Å². The molecule has 0 aromatic heterocycles. The Labute approximate surface area is 238 Å². The highest BCUT2D eigenvalue weighted by Gasteiger charge is 2.73. The van der Waals surface area contributed by atoms with Gasteiger partial charge < -0.3 is 29.9 Å². The number of rotatable bonds is 5. The van der Waals surface area contributed by atoms with Crippen LogP contribution in [0.5, 0.6) is 0 Å². The number of carboxylic acids is 2. The molecule has 0 aliphatic heterocycles. The van der Waals surface area contributed by atoms with Gasteiger partial charge in [-0.2, -0.15) is 0 Å². The summed E-state index contributed by atoms with van der Waals surface area (Å²) in [7, 11) is 3.09. The summed E-state index contributed by atoms with van der Waals surface area (Å²) in [6.07, 6.45) is 5.42. The Morgan fingerprint density at radius 1 is 0.925 bits per heavy atom. The van der Waals surface area contributed by atoms with Gasteiger partial charge in [0.2, 0.25) is 0 Å². The van der Waals surface area contributed by atoms with E-state index in [0.29, 0.717) is 38.5 Å². The zero-order valence-electron chi connectivity index (χ0n) is 25.3. The zero-order chi connectivity index (χ0) is 29.7. The van der Waals surface area contributed by atoms with Gasteiger partial charge in [-0.3, -0.25) is 9.59 Å². The van der Waals surface area contributed by atoms with E-state index < -0.39 is 59.0 Å². The number of allylic oxidation sites excluding steroid dienone is 1. The van der Waals surface area contributed by atoms with Crippen LogP contribution in [-0.4, -0.2) is 71.5 Å². The molecular formula is C32H50O8. The normalized spacial score (nSPS) is 51.4. The number of hydrogen-bond acceptors (Lipinski definition) is 6. The molecule has 5 rings (SSSR count). The van der Waals surface area contributed by atoms with Crippen molar-refractivity contribution in [3.8, 4) is 0 Å². The van der Waals surface area contributed by atoms with Crippen molar-refractivity contribution >= 4 is 11.9 Å². The fourth-order valence-electron chi connectivity index (χ4n) is 11.3. The van der Waals surface area contributed by atoms with E-state index in [-0.39, 0.29) is 28.1 Å². The third-order valence-corrected chi connectivity index (χ3v) is 13.9. The summed E-state index contributed by atoms with van der Waals surface area (Å²) < 4.78 is 11.7. The number of carbonyl (C=O) groups is 2. The SMILES string of the molecule is COC1CC2(C)C3CC=C4C5C(O)C(C)(C)CCC5(C(=O)O)CCC4(C)C3(C)CCC2[C@@](CO)(C(=O)O)C1OC. The maximum absolute atomic E-state index is 13.0. The highest BCUT2D eigenvalue weighted by atomic mass is 16.5. The number of carboxylic acid groups (broad SMARTS) is 2. The largest absolute Gasteiger partial charge is 0.481 e. The van der Waals surface area contributed by atoms with Crippen molar-refractivity contribution in [1.82, 2.24) is 0 Å². The maximum atomic E-state index is 13.0. The number of aliphatic hydroxyl groups excluding tert-OH is 2. The van der Waals surface area contributed by atoms with Gasteiger partial charge in [0.1, 0.15) is 11.5 Å². The van der Waals surface area contributed by atoms with Gasteiger partial charge in [-0.1, -0.05) is 46.3 Å². The van der Waals surface area contributed by atoms with Crippen molar-refractivity contribution in [3.63, 3.8) is 0 Å². The fraction of sp³-hybridized carbons (Fsp3) is 0.875. The standard InChI is InChI=1S/C32H50O8/c1-27(2)12-14-31(25(35)36)15-13-29(4)18(22(31)23(27)34)8-9-20-28(3)16-19(39-6)24(40-7)32(17-33,26(37)38)21(28)10-11-30(20,29)5/h8,19-24,33-34H,9-17H2,1-7H3,(H,35,36)(H,37,38)/t19?,20?,21?,22?,23?,24?,28?,29?,30?,31?,32-/m1/s1. The van der Waals surface area contributed by atoms with E-state index in [2.05, 4.69) is 40.7 Å². The zero-order valence-corrected chi connectivity index (χ0v) is 25.3. The summed E-state index contributed by atoms with van der Waals surface area (Å²) >= 11 is 0. The highest BCUT2D eigenvalue weighted by molar-refractivity contribution is 5.78. The second kappa shape index (κ2) is 9.26. The molecule has 0 spiro atoms. The van der Waals surface area contributed by atoms with E-state index in [0.717, 1.165) is 18.4 Å². The van der Waals surface area contributed by atoms with Gasteiger partial charge in [-0.25, -0.2) is 0 Å². The minimum atomic E-state index is -1.48. The minimum Gasteiger partial charge on any atom is -0.481 e. The molecule has 40 heavy (non-hydrogen) atoms. The average molecular weight is 563 g/mol. The molecule has 0 heterocycles. The summed E-state index contributed by atoms with van der Waals surface area (Å²) in [4.78, 5) is 25.9. The van der Waals surface area contributed by atoms with Gasteiger partial charge in [0.15, 0.2) is 0 Å². The highest BCUT2D eigenvalue weighted by Crippen LogP contribution is 2.76. The van der Waals surface area contributed by atoms with Crippen molar-refractivity contribution < 1.29 is 39.5 Å². The molecule has 4 N–H and O–H groups in total. The number of aliphatic carboxylic acids is 2. The molecule has 0 aromatic carbocycles. The molecule has 0 amide bonds. The van der Waals surface area contributed by atoms with Crippen LogP contribution in [0.25, 0.3) is 0 Å². The lowest BCUT2D eigenvalue weighted by Crippen LogP contribution is -2.71. The minimum absolute atomic E-state index is 0.0966. The van der Waals surface area contributed by atoms with Gasteiger partial charge in [0.05, 0.1) is 24.2 Å². The van der Waals surface area contributed by atoms with Gasteiger partial charge in [0, 0.05) is 20.1 Å². The lowest BCUT2D eigenvalue weighted by molar-refractivity contribution is -0.259. The first-order chi connectivity index (χ1) is 18.6. The Hall–Kier alpha value is -1.48. The van der Waals surface area contributed by atoms with Crippen LogP contribution >= 0.6 is 0 Å². The summed E-state index contributed by atoms with van der Waals surface area (Å²) in [6.45, 7) is 10.4. The van der Waals surface area contributed by atoms with Gasteiger partial charge >= 0.3 is 11.9 Å². The second-order valence-corrected chi connectivity index (χ2v) is 15.3. The lowest BCUT2D eigenvalue weighted by Gasteiger charge is -2.71. The molecule has 8 nitrogen and oxygen atoms in total. The van der Waals surface area contributed by atoms with E-state index in [1.165, 1.54) is 7.11 Å². The molecule has 0 radical (unpaired) electrons. The number of ether oxygens (including phenoxy) is 2. The molecule has 0 saturated heterocycles. The predicted octanol–water partition coefficient (Wildman–Crippen LogP) is 4.52. The Morgan fingerprint density at radius 3 is 2.12 bits per heavy atom. The van der Waals surface area contributed by atoms with Crippen LogP contribution in [0.1, 0.15) is 86.0 Å². The molecular weight excluding hydrogens is 512 g/mol. The van der Waals surface area contributed by atoms with Crippen molar-refractivity contribution in [2.45, 2.75) is 104 Å². The van der Waals surface area contributed by atoms with Crippen LogP contribution in [0, 0.1) is 50.2 Å². The van der Waals surface area contributed by atoms with Crippen molar-refractivity contribution in [2.75, 3.05) is 20.8 Å². The van der Waals surface area contributed by atoms with E-state index in [1.807, 2.05) is 0 Å². The molecule has 4 saturated carbocycles. The number of methoxy groups -OCH3 is 2. The third kappa shape index (κ3) is 3.39.